The number of aliphatic hydroxyl groups is 1. The highest BCUT2D eigenvalue weighted by Gasteiger charge is 2.38. The second kappa shape index (κ2) is 5.87. The van der Waals surface area contributed by atoms with E-state index in [0.717, 1.165) is 12.1 Å². The van der Waals surface area contributed by atoms with Crippen molar-refractivity contribution in [1.29, 1.82) is 0 Å². The number of hydrogen-bond donors (Lipinski definition) is 2. The number of fused-ring (bicyclic) bond motifs is 2. The van der Waals surface area contributed by atoms with Gasteiger partial charge in [-0.2, -0.15) is 0 Å². The van der Waals surface area contributed by atoms with Crippen molar-refractivity contribution in [3.63, 3.8) is 0 Å². The van der Waals surface area contributed by atoms with Gasteiger partial charge in [0.15, 0.2) is 0 Å². The molecule has 2 aliphatic heterocycles. The fraction of sp³-hybridized carbons (Fsp3) is 1.00. The van der Waals surface area contributed by atoms with Crippen molar-refractivity contribution < 1.29 is 9.84 Å². The zero-order valence-electron chi connectivity index (χ0n) is 12.0. The van der Waals surface area contributed by atoms with Crippen molar-refractivity contribution in [2.75, 3.05) is 27.3 Å². The van der Waals surface area contributed by atoms with Crippen LogP contribution in [0.4, 0.5) is 0 Å². The molecule has 0 radical (unpaired) electrons. The molecule has 0 aromatic rings. The van der Waals surface area contributed by atoms with Crippen molar-refractivity contribution in [2.24, 2.45) is 0 Å². The summed E-state index contributed by atoms with van der Waals surface area (Å²) in [5.74, 6) is 0. The van der Waals surface area contributed by atoms with Crippen LogP contribution in [-0.2, 0) is 4.74 Å². The smallest absolute Gasteiger partial charge is 0.0765 e. The first-order chi connectivity index (χ1) is 8.52. The normalized spacial score (nSPS) is 35.7. The van der Waals surface area contributed by atoms with Crippen molar-refractivity contribution in [2.45, 2.75) is 62.8 Å². The monoisotopic (exact) mass is 256 g/mol. The standard InChI is InChI=1S/C14H28N2O2/c1-14(17,6-7-18-3)10-15-11-8-12-4-5-13(9-11)16(12)2/h11-13,15,17H,4-10H2,1-3H3. The predicted octanol–water partition coefficient (Wildman–Crippen LogP) is 0.989. The van der Waals surface area contributed by atoms with Gasteiger partial charge >= 0.3 is 0 Å². The molecule has 0 saturated carbocycles. The number of hydrogen-bond acceptors (Lipinski definition) is 4. The van der Waals surface area contributed by atoms with Gasteiger partial charge in [0.05, 0.1) is 5.60 Å². The lowest BCUT2D eigenvalue weighted by Gasteiger charge is -2.38. The molecule has 2 saturated heterocycles. The molecule has 0 spiro atoms. The van der Waals surface area contributed by atoms with Crippen molar-refractivity contribution >= 4 is 0 Å². The quantitative estimate of drug-likeness (QED) is 0.744. The molecule has 2 rings (SSSR count). The van der Waals surface area contributed by atoms with Crippen LogP contribution in [0.1, 0.15) is 39.0 Å². The number of methoxy groups -OCH3 is 1. The summed E-state index contributed by atoms with van der Waals surface area (Å²) in [7, 11) is 3.94. The Balaban J connectivity index is 1.74. The van der Waals surface area contributed by atoms with Gasteiger partial charge in [0.25, 0.3) is 0 Å². The minimum Gasteiger partial charge on any atom is -0.389 e. The summed E-state index contributed by atoms with van der Waals surface area (Å²) in [6.07, 6.45) is 5.84. The Morgan fingerprint density at radius 1 is 1.33 bits per heavy atom. The maximum absolute atomic E-state index is 10.2. The van der Waals surface area contributed by atoms with Crippen LogP contribution in [0.5, 0.6) is 0 Å². The molecule has 2 N–H and O–H groups in total. The van der Waals surface area contributed by atoms with Crippen molar-refractivity contribution in [1.82, 2.24) is 10.2 Å². The first-order valence-electron chi connectivity index (χ1n) is 7.18. The third kappa shape index (κ3) is 3.44. The van der Waals surface area contributed by atoms with Crippen LogP contribution in [0, 0.1) is 0 Å². The van der Waals surface area contributed by atoms with E-state index in [-0.39, 0.29) is 0 Å². The molecule has 0 aromatic heterocycles. The summed E-state index contributed by atoms with van der Waals surface area (Å²) in [4.78, 5) is 2.54. The summed E-state index contributed by atoms with van der Waals surface area (Å²) in [5, 5.41) is 13.8. The number of rotatable bonds is 6. The molecular formula is C14H28N2O2. The predicted molar refractivity (Wildman–Crippen MR) is 72.7 cm³/mol. The third-order valence-corrected chi connectivity index (χ3v) is 4.71. The van der Waals surface area contributed by atoms with E-state index in [2.05, 4.69) is 17.3 Å². The van der Waals surface area contributed by atoms with E-state index < -0.39 is 5.60 Å². The molecule has 0 amide bonds. The fourth-order valence-corrected chi connectivity index (χ4v) is 3.35. The van der Waals surface area contributed by atoms with Gasteiger partial charge in [0, 0.05) is 44.8 Å². The Labute approximate surface area is 111 Å². The number of ether oxygens (including phenoxy) is 1. The summed E-state index contributed by atoms with van der Waals surface area (Å²) in [5.41, 5.74) is -0.654. The highest BCUT2D eigenvalue weighted by molar-refractivity contribution is 4.96. The van der Waals surface area contributed by atoms with Gasteiger partial charge in [-0.25, -0.2) is 0 Å². The van der Waals surface area contributed by atoms with Crippen LogP contribution < -0.4 is 5.32 Å². The molecule has 4 nitrogen and oxygen atoms in total. The van der Waals surface area contributed by atoms with Crippen LogP contribution >= 0.6 is 0 Å². The number of piperidine rings is 1. The first-order valence-corrected chi connectivity index (χ1v) is 7.18. The van der Waals surface area contributed by atoms with E-state index in [1.54, 1.807) is 7.11 Å². The molecule has 4 heteroatoms. The van der Waals surface area contributed by atoms with Crippen LogP contribution in [0.25, 0.3) is 0 Å². The van der Waals surface area contributed by atoms with E-state index in [0.29, 0.717) is 25.6 Å². The van der Waals surface area contributed by atoms with Gasteiger partial charge < -0.3 is 20.1 Å². The largest absolute Gasteiger partial charge is 0.389 e. The molecular weight excluding hydrogens is 228 g/mol. The number of nitrogens with one attached hydrogen (secondary N) is 1. The van der Waals surface area contributed by atoms with Gasteiger partial charge in [-0.15, -0.1) is 0 Å². The van der Waals surface area contributed by atoms with E-state index in [1.165, 1.54) is 25.7 Å². The molecule has 18 heavy (non-hydrogen) atoms. The van der Waals surface area contributed by atoms with E-state index >= 15 is 0 Å². The molecule has 3 unspecified atom stereocenters. The third-order valence-electron chi connectivity index (χ3n) is 4.71. The SMILES string of the molecule is COCCC(C)(O)CNC1CC2CCC(C1)N2C. The lowest BCUT2D eigenvalue weighted by atomic mass is 9.96. The second-order valence-electron chi connectivity index (χ2n) is 6.34. The Morgan fingerprint density at radius 3 is 2.50 bits per heavy atom. The van der Waals surface area contributed by atoms with Gasteiger partial charge in [-0.05, 0) is 39.7 Å². The summed E-state index contributed by atoms with van der Waals surface area (Å²) < 4.78 is 5.03. The lowest BCUT2D eigenvalue weighted by Crippen LogP contribution is -2.50. The first kappa shape index (κ1) is 14.3. The summed E-state index contributed by atoms with van der Waals surface area (Å²) in [6.45, 7) is 3.18. The second-order valence-corrected chi connectivity index (χ2v) is 6.34. The van der Waals surface area contributed by atoms with Crippen LogP contribution in [0.15, 0.2) is 0 Å². The van der Waals surface area contributed by atoms with E-state index in [4.69, 9.17) is 4.74 Å². The zero-order valence-corrected chi connectivity index (χ0v) is 12.0. The van der Waals surface area contributed by atoms with Crippen LogP contribution in [-0.4, -0.2) is 61.0 Å². The fourth-order valence-electron chi connectivity index (χ4n) is 3.35. The van der Waals surface area contributed by atoms with Crippen LogP contribution in [0.3, 0.4) is 0 Å². The van der Waals surface area contributed by atoms with Crippen molar-refractivity contribution in [3.8, 4) is 0 Å². The molecule has 2 heterocycles. The summed E-state index contributed by atoms with van der Waals surface area (Å²) in [6, 6.07) is 2.09. The zero-order chi connectivity index (χ0) is 13.2. The highest BCUT2D eigenvalue weighted by Crippen LogP contribution is 2.34. The average Bonchev–Trinajstić information content (AvgIpc) is 2.56. The number of nitrogens with zero attached hydrogens (tertiary/aromatic N) is 1. The van der Waals surface area contributed by atoms with Gasteiger partial charge in [-0.3, -0.25) is 0 Å². The highest BCUT2D eigenvalue weighted by atomic mass is 16.5. The van der Waals surface area contributed by atoms with E-state index in [9.17, 15) is 5.11 Å². The average molecular weight is 256 g/mol. The van der Waals surface area contributed by atoms with Crippen LogP contribution in [0.2, 0.25) is 0 Å². The Bertz CT molecular complexity index is 257. The molecule has 106 valence electrons. The molecule has 2 aliphatic rings. The van der Waals surface area contributed by atoms with E-state index in [1.807, 2.05) is 6.92 Å². The maximum Gasteiger partial charge on any atom is 0.0765 e. The molecule has 3 atom stereocenters. The molecule has 0 aliphatic carbocycles. The Kier molecular flexibility index (Phi) is 4.64. The molecule has 2 fully saturated rings. The minimum atomic E-state index is -0.654. The van der Waals surface area contributed by atoms with Gasteiger partial charge in [0.1, 0.15) is 0 Å². The maximum atomic E-state index is 10.2. The molecule has 2 bridgehead atoms. The van der Waals surface area contributed by atoms with Gasteiger partial charge in [-0.1, -0.05) is 0 Å². The topological polar surface area (TPSA) is 44.7 Å². The van der Waals surface area contributed by atoms with Gasteiger partial charge in [0.2, 0.25) is 0 Å². The summed E-state index contributed by atoms with van der Waals surface area (Å²) >= 11 is 0. The lowest BCUT2D eigenvalue weighted by molar-refractivity contribution is 0.0190. The Hall–Kier alpha value is -0.160. The van der Waals surface area contributed by atoms with Crippen molar-refractivity contribution in [3.05, 3.63) is 0 Å². The molecule has 0 aromatic carbocycles. The minimum absolute atomic E-state index is 0.577. The Morgan fingerprint density at radius 2 is 1.94 bits per heavy atom.